The number of carbonyl (C=O) groups excluding carboxylic acids is 1. The van der Waals surface area contributed by atoms with Crippen molar-refractivity contribution < 1.29 is 4.79 Å². The minimum absolute atomic E-state index is 0.0864. The van der Waals surface area contributed by atoms with Gasteiger partial charge in [0, 0.05) is 14.9 Å². The van der Waals surface area contributed by atoms with Crippen LogP contribution in [0.2, 0.25) is 0 Å². The molecule has 2 rings (SSSR count). The number of halogens is 1. The summed E-state index contributed by atoms with van der Waals surface area (Å²) in [5.74, 6) is 0.170. The minimum Gasteiger partial charge on any atom is -0.293 e. The second kappa shape index (κ2) is 6.59. The fraction of sp³-hybridized carbons (Fsp3) is 0.235. The van der Waals surface area contributed by atoms with Crippen molar-refractivity contribution in [3.63, 3.8) is 0 Å². The Morgan fingerprint density at radius 2 is 1.75 bits per heavy atom. The summed E-state index contributed by atoms with van der Waals surface area (Å²) in [6.45, 7) is 6.13. The molecule has 104 valence electrons. The van der Waals surface area contributed by atoms with Crippen molar-refractivity contribution >= 4 is 33.5 Å². The zero-order valence-electron chi connectivity index (χ0n) is 11.8. The van der Waals surface area contributed by atoms with Crippen molar-refractivity contribution in [2.75, 3.05) is 0 Å². The second-order valence-electron chi connectivity index (χ2n) is 4.90. The summed E-state index contributed by atoms with van der Waals surface area (Å²) in [5.41, 5.74) is 3.20. The van der Waals surface area contributed by atoms with Gasteiger partial charge in [0.2, 0.25) is 0 Å². The highest BCUT2D eigenvalue weighted by Gasteiger charge is 2.17. The van der Waals surface area contributed by atoms with Crippen LogP contribution in [0, 0.1) is 13.8 Å². The van der Waals surface area contributed by atoms with Crippen LogP contribution in [-0.4, -0.2) is 11.0 Å². The maximum absolute atomic E-state index is 12.4. The zero-order chi connectivity index (χ0) is 14.7. The molecule has 3 heteroatoms. The van der Waals surface area contributed by atoms with Crippen LogP contribution in [0.4, 0.5) is 0 Å². The number of aryl methyl sites for hydroxylation is 2. The van der Waals surface area contributed by atoms with Crippen LogP contribution in [0.3, 0.4) is 0 Å². The van der Waals surface area contributed by atoms with Gasteiger partial charge in [0.15, 0.2) is 5.78 Å². The maximum atomic E-state index is 12.4. The normalized spacial score (nSPS) is 12.2. The largest absolute Gasteiger partial charge is 0.293 e. The van der Waals surface area contributed by atoms with E-state index in [9.17, 15) is 4.79 Å². The highest BCUT2D eigenvalue weighted by molar-refractivity contribution is 9.10. The number of benzene rings is 2. The fourth-order valence-corrected chi connectivity index (χ4v) is 3.32. The van der Waals surface area contributed by atoms with E-state index < -0.39 is 0 Å². The van der Waals surface area contributed by atoms with Gasteiger partial charge in [-0.25, -0.2) is 0 Å². The van der Waals surface area contributed by atoms with Crippen molar-refractivity contribution in [3.8, 4) is 0 Å². The first-order chi connectivity index (χ1) is 9.47. The van der Waals surface area contributed by atoms with Gasteiger partial charge in [-0.2, -0.15) is 0 Å². The molecule has 2 aromatic carbocycles. The average Bonchev–Trinajstić information content (AvgIpc) is 2.43. The predicted molar refractivity (Wildman–Crippen MR) is 89.7 cm³/mol. The Morgan fingerprint density at radius 3 is 2.40 bits per heavy atom. The molecule has 0 aliphatic rings. The van der Waals surface area contributed by atoms with Crippen LogP contribution in [0.15, 0.2) is 51.8 Å². The molecule has 0 aliphatic carbocycles. The first-order valence-corrected chi connectivity index (χ1v) is 8.18. The Labute approximate surface area is 132 Å². The Hall–Kier alpha value is -1.06. The smallest absolute Gasteiger partial charge is 0.175 e. The molecule has 0 bridgehead atoms. The summed E-state index contributed by atoms with van der Waals surface area (Å²) in [6, 6.07) is 13.9. The third kappa shape index (κ3) is 3.74. The zero-order valence-corrected chi connectivity index (χ0v) is 14.2. The molecule has 0 aliphatic heterocycles. The first kappa shape index (κ1) is 15.3. The van der Waals surface area contributed by atoms with E-state index in [0.717, 1.165) is 10.0 Å². The molecular weight excluding hydrogens is 332 g/mol. The van der Waals surface area contributed by atoms with Crippen LogP contribution in [0.25, 0.3) is 0 Å². The van der Waals surface area contributed by atoms with Crippen LogP contribution >= 0.6 is 27.7 Å². The first-order valence-electron chi connectivity index (χ1n) is 6.51. The fourth-order valence-electron chi connectivity index (χ4n) is 1.93. The van der Waals surface area contributed by atoms with E-state index in [1.165, 1.54) is 16.0 Å². The van der Waals surface area contributed by atoms with E-state index in [1.54, 1.807) is 11.8 Å². The van der Waals surface area contributed by atoms with Gasteiger partial charge in [-0.1, -0.05) is 45.8 Å². The monoisotopic (exact) mass is 348 g/mol. The standard InChI is InChI=1S/C17H17BrOS/c1-11-4-5-12(2)16(10-11)20-13(3)17(19)14-6-8-15(18)9-7-14/h4-10,13H,1-3H3. The van der Waals surface area contributed by atoms with Crippen molar-refractivity contribution in [2.45, 2.75) is 30.9 Å². The van der Waals surface area contributed by atoms with Crippen molar-refractivity contribution in [2.24, 2.45) is 0 Å². The number of hydrogen-bond donors (Lipinski definition) is 0. The van der Waals surface area contributed by atoms with Crippen LogP contribution in [-0.2, 0) is 0 Å². The second-order valence-corrected chi connectivity index (χ2v) is 7.20. The molecule has 1 atom stereocenters. The SMILES string of the molecule is Cc1ccc(C)c(SC(C)C(=O)c2ccc(Br)cc2)c1. The van der Waals surface area contributed by atoms with Gasteiger partial charge in [-0.3, -0.25) is 4.79 Å². The number of Topliss-reactive ketones (excluding diaryl/α,β-unsaturated/α-hetero) is 1. The predicted octanol–water partition coefficient (Wildman–Crippen LogP) is 5.43. The number of hydrogen-bond acceptors (Lipinski definition) is 2. The number of carbonyl (C=O) groups is 1. The topological polar surface area (TPSA) is 17.1 Å². The lowest BCUT2D eigenvalue weighted by Crippen LogP contribution is -2.13. The molecule has 1 unspecified atom stereocenters. The highest BCUT2D eigenvalue weighted by Crippen LogP contribution is 2.29. The Bertz CT molecular complexity index is 619. The quantitative estimate of drug-likeness (QED) is 0.541. The van der Waals surface area contributed by atoms with Gasteiger partial charge in [0.25, 0.3) is 0 Å². The average molecular weight is 349 g/mol. The molecule has 20 heavy (non-hydrogen) atoms. The Morgan fingerprint density at radius 1 is 1.10 bits per heavy atom. The Kier molecular flexibility index (Phi) is 5.06. The maximum Gasteiger partial charge on any atom is 0.175 e. The molecule has 0 aromatic heterocycles. The van der Waals surface area contributed by atoms with Gasteiger partial charge >= 0.3 is 0 Å². The van der Waals surface area contributed by atoms with Gasteiger partial charge in [0.1, 0.15) is 0 Å². The highest BCUT2D eigenvalue weighted by atomic mass is 79.9. The van der Waals surface area contributed by atoms with Gasteiger partial charge in [0.05, 0.1) is 5.25 Å². The third-order valence-corrected chi connectivity index (χ3v) is 4.94. The Balaban J connectivity index is 2.15. The summed E-state index contributed by atoms with van der Waals surface area (Å²) in [6.07, 6.45) is 0. The molecule has 0 saturated heterocycles. The van der Waals surface area contributed by atoms with Gasteiger partial charge in [-0.15, -0.1) is 11.8 Å². The molecule has 0 radical (unpaired) electrons. The van der Waals surface area contributed by atoms with E-state index >= 15 is 0 Å². The van der Waals surface area contributed by atoms with Crippen molar-refractivity contribution in [3.05, 3.63) is 63.6 Å². The molecule has 0 saturated carbocycles. The lowest BCUT2D eigenvalue weighted by atomic mass is 10.1. The molecule has 2 aromatic rings. The summed E-state index contributed by atoms with van der Waals surface area (Å²) in [4.78, 5) is 13.6. The number of ketones is 1. The molecular formula is C17H17BrOS. The van der Waals surface area contributed by atoms with E-state index in [4.69, 9.17) is 0 Å². The minimum atomic E-state index is -0.0864. The van der Waals surface area contributed by atoms with E-state index in [1.807, 2.05) is 31.2 Å². The summed E-state index contributed by atoms with van der Waals surface area (Å²) >= 11 is 5.02. The summed E-state index contributed by atoms with van der Waals surface area (Å²) in [5, 5.41) is -0.0864. The van der Waals surface area contributed by atoms with Crippen LogP contribution in [0.5, 0.6) is 0 Å². The number of thioether (sulfide) groups is 1. The van der Waals surface area contributed by atoms with Gasteiger partial charge < -0.3 is 0 Å². The molecule has 0 N–H and O–H groups in total. The molecule has 0 fully saturated rings. The van der Waals surface area contributed by atoms with Crippen molar-refractivity contribution in [1.82, 2.24) is 0 Å². The van der Waals surface area contributed by atoms with Crippen LogP contribution in [0.1, 0.15) is 28.4 Å². The van der Waals surface area contributed by atoms with E-state index in [-0.39, 0.29) is 11.0 Å². The molecule has 0 heterocycles. The number of rotatable bonds is 4. The van der Waals surface area contributed by atoms with Gasteiger partial charge in [-0.05, 0) is 44.5 Å². The third-order valence-electron chi connectivity index (χ3n) is 3.15. The van der Waals surface area contributed by atoms with Crippen molar-refractivity contribution in [1.29, 1.82) is 0 Å². The molecule has 0 amide bonds. The van der Waals surface area contributed by atoms with E-state index in [2.05, 4.69) is 48.0 Å². The molecule has 1 nitrogen and oxygen atoms in total. The van der Waals surface area contributed by atoms with E-state index in [0.29, 0.717) is 0 Å². The lowest BCUT2D eigenvalue weighted by molar-refractivity contribution is 0.0994. The summed E-state index contributed by atoms with van der Waals surface area (Å²) in [7, 11) is 0. The summed E-state index contributed by atoms with van der Waals surface area (Å²) < 4.78 is 0.990. The lowest BCUT2D eigenvalue weighted by Gasteiger charge is -2.13. The molecule has 0 spiro atoms. The van der Waals surface area contributed by atoms with Crippen LogP contribution < -0.4 is 0 Å².